The van der Waals surface area contributed by atoms with Crippen molar-refractivity contribution in [3.05, 3.63) is 95.3 Å². The van der Waals surface area contributed by atoms with Crippen LogP contribution in [0.2, 0.25) is 5.02 Å². The summed E-state index contributed by atoms with van der Waals surface area (Å²) in [5.41, 5.74) is 3.20. The lowest BCUT2D eigenvalue weighted by Crippen LogP contribution is -2.42. The number of piperidine rings is 1. The second-order valence-electron chi connectivity index (χ2n) is 7.62. The van der Waals surface area contributed by atoms with E-state index in [-0.39, 0.29) is 0 Å². The molecule has 0 spiro atoms. The van der Waals surface area contributed by atoms with Gasteiger partial charge in [0.15, 0.2) is 0 Å². The second kappa shape index (κ2) is 9.47. The van der Waals surface area contributed by atoms with Gasteiger partial charge >= 0.3 is 0 Å². The zero-order valence-corrected chi connectivity index (χ0v) is 17.5. The number of nitrogens with zero attached hydrogens (tertiary/aromatic N) is 4. The first-order valence-corrected chi connectivity index (χ1v) is 10.6. The molecule has 1 aliphatic heterocycles. The van der Waals surface area contributed by atoms with Gasteiger partial charge in [-0.3, -0.25) is 4.98 Å². The molecule has 1 N–H and O–H groups in total. The Hall–Kier alpha value is -2.60. The van der Waals surface area contributed by atoms with E-state index in [0.29, 0.717) is 5.02 Å². The Morgan fingerprint density at radius 2 is 1.87 bits per heavy atom. The predicted molar refractivity (Wildman–Crippen MR) is 119 cm³/mol. The summed E-state index contributed by atoms with van der Waals surface area (Å²) in [7, 11) is 0. The molecule has 0 atom stereocenters. The number of hydrogen-bond donors (Lipinski definition) is 1. The molecule has 3 aromatic rings. The minimum atomic E-state index is -0.765. The van der Waals surface area contributed by atoms with Gasteiger partial charge in [0, 0.05) is 54.4 Å². The van der Waals surface area contributed by atoms with E-state index in [9.17, 15) is 5.11 Å². The van der Waals surface area contributed by atoms with Crippen LogP contribution >= 0.6 is 11.6 Å². The van der Waals surface area contributed by atoms with Gasteiger partial charge in [-0.1, -0.05) is 35.9 Å². The molecule has 0 saturated carbocycles. The third kappa shape index (κ3) is 4.93. The van der Waals surface area contributed by atoms with Crippen molar-refractivity contribution in [3.63, 3.8) is 0 Å². The third-order valence-corrected chi connectivity index (χ3v) is 5.94. The Kier molecular flexibility index (Phi) is 6.53. The van der Waals surface area contributed by atoms with Gasteiger partial charge in [-0.2, -0.15) is 0 Å². The molecule has 1 saturated heterocycles. The number of halogens is 1. The number of aliphatic hydroxyl groups is 1. The number of pyridine rings is 1. The Morgan fingerprint density at radius 3 is 2.53 bits per heavy atom. The first-order chi connectivity index (χ1) is 14.6. The van der Waals surface area contributed by atoms with Gasteiger partial charge in [0.2, 0.25) is 0 Å². The van der Waals surface area contributed by atoms with Crippen molar-refractivity contribution in [2.24, 2.45) is 0 Å². The molecule has 154 valence electrons. The van der Waals surface area contributed by atoms with Crippen LogP contribution in [0.5, 0.6) is 0 Å². The quantitative estimate of drug-likeness (QED) is 0.643. The number of hydrogen-bond acceptors (Lipinski definition) is 5. The monoisotopic (exact) mass is 420 g/mol. The van der Waals surface area contributed by atoms with Crippen LogP contribution in [0.15, 0.2) is 73.5 Å². The highest BCUT2D eigenvalue weighted by molar-refractivity contribution is 6.30. The first-order valence-electron chi connectivity index (χ1n) is 10.2. The SMILES string of the molecule is OC1(c2ccc(Cl)cc2)CCN(CC/C=C(\c2cccnc2)c2ccncn2)CC1. The number of rotatable bonds is 6. The molecule has 1 fully saturated rings. The average molecular weight is 421 g/mol. The molecule has 1 aromatic carbocycles. The fourth-order valence-corrected chi connectivity index (χ4v) is 4.06. The Balaban J connectivity index is 1.39. The van der Waals surface area contributed by atoms with Crippen molar-refractivity contribution in [1.29, 1.82) is 0 Å². The van der Waals surface area contributed by atoms with Gasteiger partial charge in [0.25, 0.3) is 0 Å². The van der Waals surface area contributed by atoms with E-state index in [1.807, 2.05) is 48.7 Å². The lowest BCUT2D eigenvalue weighted by atomic mass is 9.84. The number of benzene rings is 1. The lowest BCUT2D eigenvalue weighted by Gasteiger charge is -2.38. The van der Waals surface area contributed by atoms with Gasteiger partial charge in [0.05, 0.1) is 11.3 Å². The van der Waals surface area contributed by atoms with Crippen LogP contribution in [0.3, 0.4) is 0 Å². The molecule has 0 amide bonds. The molecular formula is C24H25ClN4O. The summed E-state index contributed by atoms with van der Waals surface area (Å²) in [5, 5.41) is 11.8. The summed E-state index contributed by atoms with van der Waals surface area (Å²) in [5.74, 6) is 0. The predicted octanol–water partition coefficient (Wildman–Crippen LogP) is 4.33. The van der Waals surface area contributed by atoms with Crippen molar-refractivity contribution in [2.75, 3.05) is 19.6 Å². The summed E-state index contributed by atoms with van der Waals surface area (Å²) in [6.07, 6.45) is 11.5. The first kappa shape index (κ1) is 20.7. The van der Waals surface area contributed by atoms with E-state index in [2.05, 4.69) is 25.9 Å². The maximum atomic E-state index is 11.1. The minimum absolute atomic E-state index is 0.694. The summed E-state index contributed by atoms with van der Waals surface area (Å²) < 4.78 is 0. The van der Waals surface area contributed by atoms with Gasteiger partial charge in [-0.25, -0.2) is 9.97 Å². The Labute approximate surface area is 182 Å². The van der Waals surface area contributed by atoms with E-state index in [1.54, 1.807) is 18.7 Å². The summed E-state index contributed by atoms with van der Waals surface area (Å²) in [6.45, 7) is 2.66. The molecule has 6 heteroatoms. The maximum absolute atomic E-state index is 11.1. The van der Waals surface area contributed by atoms with Gasteiger partial charge in [0.1, 0.15) is 6.33 Å². The zero-order valence-electron chi connectivity index (χ0n) is 16.8. The molecule has 1 aliphatic rings. The van der Waals surface area contributed by atoms with E-state index in [1.165, 1.54) is 0 Å². The van der Waals surface area contributed by atoms with E-state index in [4.69, 9.17) is 11.6 Å². The average Bonchev–Trinajstić information content (AvgIpc) is 2.79. The van der Waals surface area contributed by atoms with Crippen LogP contribution in [-0.4, -0.2) is 44.6 Å². The maximum Gasteiger partial charge on any atom is 0.116 e. The number of likely N-dealkylation sites (tertiary alicyclic amines) is 1. The molecule has 0 bridgehead atoms. The molecule has 0 unspecified atom stereocenters. The molecule has 0 aliphatic carbocycles. The normalized spacial score (nSPS) is 17.1. The Bertz CT molecular complexity index is 928. The summed E-state index contributed by atoms with van der Waals surface area (Å²) in [4.78, 5) is 15.1. The molecule has 5 nitrogen and oxygen atoms in total. The van der Waals surface area contributed by atoms with Crippen LogP contribution in [0.1, 0.15) is 36.1 Å². The number of aromatic nitrogens is 3. The molecule has 0 radical (unpaired) electrons. The molecule has 4 rings (SSSR count). The smallest absolute Gasteiger partial charge is 0.116 e. The van der Waals surface area contributed by atoms with E-state index >= 15 is 0 Å². The van der Waals surface area contributed by atoms with Gasteiger partial charge in [-0.15, -0.1) is 0 Å². The summed E-state index contributed by atoms with van der Waals surface area (Å²) in [6, 6.07) is 13.5. The van der Waals surface area contributed by atoms with E-state index in [0.717, 1.165) is 61.3 Å². The van der Waals surface area contributed by atoms with Crippen molar-refractivity contribution in [2.45, 2.75) is 24.9 Å². The minimum Gasteiger partial charge on any atom is -0.385 e. The van der Waals surface area contributed by atoms with Crippen LogP contribution in [0.4, 0.5) is 0 Å². The molecular weight excluding hydrogens is 396 g/mol. The fourth-order valence-electron chi connectivity index (χ4n) is 3.93. The summed E-state index contributed by atoms with van der Waals surface area (Å²) >= 11 is 5.98. The zero-order chi connectivity index (χ0) is 20.8. The third-order valence-electron chi connectivity index (χ3n) is 5.69. The van der Waals surface area contributed by atoms with Gasteiger partial charge < -0.3 is 10.0 Å². The van der Waals surface area contributed by atoms with Crippen LogP contribution in [0.25, 0.3) is 5.57 Å². The van der Waals surface area contributed by atoms with Crippen molar-refractivity contribution in [1.82, 2.24) is 19.9 Å². The fraction of sp³-hybridized carbons (Fsp3) is 0.292. The standard InChI is InChI=1S/C24H25ClN4O/c25-21-7-5-20(6-8-21)24(30)10-15-29(16-11-24)14-2-4-22(19-3-1-12-26-17-19)23-9-13-27-18-28-23/h1,3-9,12-13,17-18,30H,2,10-11,14-16H2/b22-4+. The van der Waals surface area contributed by atoms with Gasteiger partial charge in [-0.05, 0) is 49.1 Å². The molecule has 2 aromatic heterocycles. The topological polar surface area (TPSA) is 62.1 Å². The lowest BCUT2D eigenvalue weighted by molar-refractivity contribution is -0.0254. The van der Waals surface area contributed by atoms with Crippen LogP contribution < -0.4 is 0 Å². The second-order valence-corrected chi connectivity index (χ2v) is 8.06. The van der Waals surface area contributed by atoms with Crippen LogP contribution in [0, 0.1) is 0 Å². The largest absolute Gasteiger partial charge is 0.385 e. The molecule has 3 heterocycles. The highest BCUT2D eigenvalue weighted by atomic mass is 35.5. The van der Waals surface area contributed by atoms with Crippen molar-refractivity contribution >= 4 is 17.2 Å². The highest BCUT2D eigenvalue weighted by Gasteiger charge is 2.33. The molecule has 30 heavy (non-hydrogen) atoms. The van der Waals surface area contributed by atoms with Crippen LogP contribution in [-0.2, 0) is 5.60 Å². The highest BCUT2D eigenvalue weighted by Crippen LogP contribution is 2.33. The van der Waals surface area contributed by atoms with Crippen molar-refractivity contribution in [3.8, 4) is 0 Å². The van der Waals surface area contributed by atoms with Crippen molar-refractivity contribution < 1.29 is 5.11 Å². The Morgan fingerprint density at radius 1 is 1.07 bits per heavy atom. The van der Waals surface area contributed by atoms with E-state index < -0.39 is 5.60 Å².